The number of ether oxygens (including phenoxy) is 1. The third kappa shape index (κ3) is 5.92. The minimum Gasteiger partial charge on any atom is -0.486 e. The van der Waals surface area contributed by atoms with Crippen LogP contribution in [0.25, 0.3) is 22.8 Å². The highest BCUT2D eigenvalue weighted by Gasteiger charge is 2.16. The Kier molecular flexibility index (Phi) is 7.07. The highest BCUT2D eigenvalue weighted by Crippen LogP contribution is 2.35. The molecule has 0 aliphatic carbocycles. The van der Waals surface area contributed by atoms with Crippen LogP contribution in [-0.4, -0.2) is 19.9 Å². The van der Waals surface area contributed by atoms with Gasteiger partial charge in [-0.1, -0.05) is 53.8 Å². The lowest BCUT2D eigenvalue weighted by molar-refractivity contribution is 0.302. The lowest BCUT2D eigenvalue weighted by atomic mass is 10.1. The number of hydrogen-bond acceptors (Lipinski definition) is 5. The van der Waals surface area contributed by atoms with Gasteiger partial charge in [0.15, 0.2) is 5.82 Å². The van der Waals surface area contributed by atoms with Crippen LogP contribution >= 0.6 is 11.6 Å². The van der Waals surface area contributed by atoms with Gasteiger partial charge in [-0.15, -0.1) is 0 Å². The van der Waals surface area contributed by atoms with E-state index in [0.717, 1.165) is 22.5 Å². The minimum absolute atomic E-state index is 0.239. The SMILES string of the molecule is Cc1cccc(COc2cccc(Cl)c2-c2nc(-c3ccc(C#Cc4ccccc4)cc3)nc(=O)[nH]2)n1. The Hall–Kier alpha value is -4.73. The number of rotatable bonds is 5. The predicted molar refractivity (Wildman–Crippen MR) is 144 cm³/mol. The van der Waals surface area contributed by atoms with Crippen LogP contribution in [-0.2, 0) is 6.61 Å². The normalized spacial score (nSPS) is 10.4. The van der Waals surface area contributed by atoms with Crippen molar-refractivity contribution in [3.05, 3.63) is 129 Å². The summed E-state index contributed by atoms with van der Waals surface area (Å²) >= 11 is 6.53. The van der Waals surface area contributed by atoms with Crippen molar-refractivity contribution in [2.24, 2.45) is 0 Å². The third-order valence-electron chi connectivity index (χ3n) is 5.45. The number of H-pyrrole nitrogens is 1. The molecule has 0 atom stereocenters. The van der Waals surface area contributed by atoms with E-state index in [2.05, 4.69) is 31.8 Å². The maximum atomic E-state index is 12.5. The van der Waals surface area contributed by atoms with Gasteiger partial charge < -0.3 is 4.74 Å². The standard InChI is InChI=1S/C30H21ClN4O2/c1-20-7-5-10-24(32-20)19-37-26-12-6-11-25(31)27(26)29-33-28(34-30(36)35-29)23-17-15-22(16-18-23)14-13-21-8-3-2-4-9-21/h2-12,15-18H,19H2,1H3,(H,33,34,35,36). The maximum absolute atomic E-state index is 12.5. The predicted octanol–water partition coefficient (Wildman–Crippen LogP) is 5.83. The Morgan fingerprint density at radius 1 is 0.811 bits per heavy atom. The largest absolute Gasteiger partial charge is 0.486 e. The highest BCUT2D eigenvalue weighted by molar-refractivity contribution is 6.33. The molecule has 0 bridgehead atoms. The first-order chi connectivity index (χ1) is 18.0. The summed E-state index contributed by atoms with van der Waals surface area (Å²) in [5.41, 5.74) is 4.06. The highest BCUT2D eigenvalue weighted by atomic mass is 35.5. The van der Waals surface area contributed by atoms with Crippen LogP contribution in [0.1, 0.15) is 22.5 Å². The van der Waals surface area contributed by atoms with Crippen molar-refractivity contribution < 1.29 is 4.74 Å². The average Bonchev–Trinajstić information content (AvgIpc) is 2.91. The van der Waals surface area contributed by atoms with Crippen molar-refractivity contribution in [3.63, 3.8) is 0 Å². The second kappa shape index (κ2) is 10.9. The molecule has 0 amide bonds. The minimum atomic E-state index is -0.542. The number of aromatic nitrogens is 4. The molecule has 1 N–H and O–H groups in total. The van der Waals surface area contributed by atoms with E-state index in [-0.39, 0.29) is 18.3 Å². The zero-order valence-electron chi connectivity index (χ0n) is 19.9. The van der Waals surface area contributed by atoms with E-state index >= 15 is 0 Å². The van der Waals surface area contributed by atoms with Gasteiger partial charge >= 0.3 is 5.69 Å². The van der Waals surface area contributed by atoms with Gasteiger partial charge in [0.05, 0.1) is 16.3 Å². The number of benzene rings is 3. The first-order valence-electron chi connectivity index (χ1n) is 11.6. The number of nitrogens with zero attached hydrogens (tertiary/aromatic N) is 3. The Balaban J connectivity index is 1.44. The molecule has 5 aromatic rings. The lowest BCUT2D eigenvalue weighted by Crippen LogP contribution is -2.15. The second-order valence-corrected chi connectivity index (χ2v) is 8.60. The molecule has 0 saturated carbocycles. The number of aromatic amines is 1. The summed E-state index contributed by atoms with van der Waals surface area (Å²) in [6.45, 7) is 2.16. The van der Waals surface area contributed by atoms with Gasteiger partial charge in [-0.3, -0.25) is 9.97 Å². The molecule has 2 heterocycles. The van der Waals surface area contributed by atoms with Gasteiger partial charge in [0, 0.05) is 22.4 Å². The molecule has 2 aromatic heterocycles. The monoisotopic (exact) mass is 504 g/mol. The number of halogens is 1. The fourth-order valence-corrected chi connectivity index (χ4v) is 3.94. The van der Waals surface area contributed by atoms with Crippen molar-refractivity contribution in [3.8, 4) is 40.4 Å². The summed E-state index contributed by atoms with van der Waals surface area (Å²) in [6.07, 6.45) is 0. The van der Waals surface area contributed by atoms with E-state index in [1.54, 1.807) is 18.2 Å². The van der Waals surface area contributed by atoms with E-state index < -0.39 is 5.69 Å². The van der Waals surface area contributed by atoms with Crippen molar-refractivity contribution in [1.29, 1.82) is 0 Å². The van der Waals surface area contributed by atoms with Crippen LogP contribution in [0, 0.1) is 18.8 Å². The number of hydrogen-bond donors (Lipinski definition) is 1. The van der Waals surface area contributed by atoms with Gasteiger partial charge in [-0.2, -0.15) is 4.98 Å². The maximum Gasteiger partial charge on any atom is 0.348 e. The van der Waals surface area contributed by atoms with E-state index in [1.807, 2.05) is 79.7 Å². The molecule has 0 spiro atoms. The van der Waals surface area contributed by atoms with Crippen molar-refractivity contribution >= 4 is 11.6 Å². The van der Waals surface area contributed by atoms with Gasteiger partial charge in [0.1, 0.15) is 18.2 Å². The second-order valence-electron chi connectivity index (χ2n) is 8.19. The quantitative estimate of drug-likeness (QED) is 0.304. The first-order valence-corrected chi connectivity index (χ1v) is 11.9. The Bertz CT molecular complexity index is 1670. The molecular formula is C30H21ClN4O2. The van der Waals surface area contributed by atoms with Crippen LogP contribution < -0.4 is 10.4 Å². The van der Waals surface area contributed by atoms with E-state index in [9.17, 15) is 4.79 Å². The van der Waals surface area contributed by atoms with Crippen LogP contribution in [0.3, 0.4) is 0 Å². The number of nitrogens with one attached hydrogen (secondary N) is 1. The van der Waals surface area contributed by atoms with Crippen molar-refractivity contribution in [2.45, 2.75) is 13.5 Å². The zero-order valence-corrected chi connectivity index (χ0v) is 20.7. The summed E-state index contributed by atoms with van der Waals surface area (Å²) < 4.78 is 6.03. The topological polar surface area (TPSA) is 80.8 Å². The molecule has 0 unspecified atom stereocenters. The van der Waals surface area contributed by atoms with Crippen molar-refractivity contribution in [1.82, 2.24) is 19.9 Å². The van der Waals surface area contributed by atoms with Crippen LogP contribution in [0.15, 0.2) is 95.8 Å². The van der Waals surface area contributed by atoms with Gasteiger partial charge in [0.25, 0.3) is 0 Å². The molecular weight excluding hydrogens is 484 g/mol. The Morgan fingerprint density at radius 3 is 2.30 bits per heavy atom. The van der Waals surface area contributed by atoms with Crippen LogP contribution in [0.4, 0.5) is 0 Å². The fraction of sp³-hybridized carbons (Fsp3) is 0.0667. The molecule has 0 fully saturated rings. The van der Waals surface area contributed by atoms with Gasteiger partial charge in [-0.25, -0.2) is 9.78 Å². The molecule has 0 aliphatic heterocycles. The first kappa shape index (κ1) is 24.0. The molecule has 0 aliphatic rings. The molecule has 7 heteroatoms. The number of aryl methyl sites for hydroxylation is 1. The zero-order chi connectivity index (χ0) is 25.6. The van der Waals surface area contributed by atoms with Gasteiger partial charge in [0.2, 0.25) is 0 Å². The van der Waals surface area contributed by atoms with E-state index in [0.29, 0.717) is 21.9 Å². The molecule has 5 rings (SSSR count). The Morgan fingerprint density at radius 2 is 1.54 bits per heavy atom. The van der Waals surface area contributed by atoms with E-state index in [4.69, 9.17) is 16.3 Å². The molecule has 3 aromatic carbocycles. The van der Waals surface area contributed by atoms with E-state index in [1.165, 1.54) is 0 Å². The van der Waals surface area contributed by atoms with Gasteiger partial charge in [-0.05, 0) is 67.6 Å². The molecule has 180 valence electrons. The smallest absolute Gasteiger partial charge is 0.348 e. The summed E-state index contributed by atoms with van der Waals surface area (Å²) in [5, 5.41) is 0.390. The average molecular weight is 505 g/mol. The molecule has 0 radical (unpaired) electrons. The van der Waals surface area contributed by atoms with Crippen LogP contribution in [0.5, 0.6) is 5.75 Å². The lowest BCUT2D eigenvalue weighted by Gasteiger charge is -2.13. The number of pyridine rings is 1. The summed E-state index contributed by atoms with van der Waals surface area (Å²) in [5.74, 6) is 7.28. The molecule has 6 nitrogen and oxygen atoms in total. The molecule has 37 heavy (non-hydrogen) atoms. The third-order valence-corrected chi connectivity index (χ3v) is 5.77. The summed E-state index contributed by atoms with van der Waals surface area (Å²) in [4.78, 5) is 28.3. The summed E-state index contributed by atoms with van der Waals surface area (Å²) in [7, 11) is 0. The fourth-order valence-electron chi connectivity index (χ4n) is 3.69. The van der Waals surface area contributed by atoms with Crippen molar-refractivity contribution in [2.75, 3.05) is 0 Å². The van der Waals surface area contributed by atoms with Crippen LogP contribution in [0.2, 0.25) is 5.02 Å². The summed E-state index contributed by atoms with van der Waals surface area (Å²) in [6, 6.07) is 28.2. The Labute approximate surface area is 219 Å². The molecule has 0 saturated heterocycles.